The van der Waals surface area contributed by atoms with Gasteiger partial charge in [0, 0.05) is 20.1 Å². The summed E-state index contributed by atoms with van der Waals surface area (Å²) in [6, 6.07) is 0. The highest BCUT2D eigenvalue weighted by molar-refractivity contribution is 5.81. The van der Waals surface area contributed by atoms with Crippen LogP contribution in [0.5, 0.6) is 0 Å². The Morgan fingerprint density at radius 1 is 1.50 bits per heavy atom. The maximum Gasteiger partial charge on any atom is 0.193 e. The lowest BCUT2D eigenvalue weighted by molar-refractivity contribution is 0.181. The quantitative estimate of drug-likeness (QED) is 0.776. The predicted octanol–water partition coefficient (Wildman–Crippen LogP) is 2.09. The van der Waals surface area contributed by atoms with Crippen molar-refractivity contribution in [1.82, 2.24) is 10.2 Å². The second kappa shape index (κ2) is 4.64. The van der Waals surface area contributed by atoms with Gasteiger partial charge in [-0.2, -0.15) is 0 Å². The minimum Gasteiger partial charge on any atom is -0.356 e. The third kappa shape index (κ3) is 2.89. The number of guanidine groups is 1. The SMILES string of the molecule is CN1CCN=C1NCC1CCCC(C)(C)C1. The average Bonchev–Trinajstić information content (AvgIpc) is 2.60. The number of aliphatic imine (C=N–C) groups is 1. The Bertz CT molecular complexity index is 270. The van der Waals surface area contributed by atoms with Crippen LogP contribution in [0.25, 0.3) is 0 Å². The molecule has 16 heavy (non-hydrogen) atoms. The van der Waals surface area contributed by atoms with Crippen LogP contribution in [0.3, 0.4) is 0 Å². The first-order valence-electron chi connectivity index (χ1n) is 6.56. The second-order valence-electron chi connectivity index (χ2n) is 6.13. The molecule has 3 nitrogen and oxygen atoms in total. The zero-order valence-electron chi connectivity index (χ0n) is 10.9. The Balaban J connectivity index is 1.77. The van der Waals surface area contributed by atoms with Crippen molar-refractivity contribution in [2.24, 2.45) is 16.3 Å². The van der Waals surface area contributed by atoms with Crippen molar-refractivity contribution in [3.05, 3.63) is 0 Å². The summed E-state index contributed by atoms with van der Waals surface area (Å²) in [4.78, 5) is 6.69. The maximum atomic E-state index is 4.47. The number of nitrogens with one attached hydrogen (secondary N) is 1. The Labute approximate surface area is 99.3 Å². The molecule has 0 aromatic rings. The van der Waals surface area contributed by atoms with E-state index in [1.807, 2.05) is 0 Å². The molecule has 2 rings (SSSR count). The normalized spacial score (nSPS) is 29.1. The molecule has 1 aliphatic carbocycles. The third-order valence-electron chi connectivity index (χ3n) is 3.91. The molecule has 0 spiro atoms. The van der Waals surface area contributed by atoms with Gasteiger partial charge in [-0.15, -0.1) is 0 Å². The Kier molecular flexibility index (Phi) is 3.41. The van der Waals surface area contributed by atoms with Gasteiger partial charge >= 0.3 is 0 Å². The molecule has 0 bridgehead atoms. The number of likely N-dealkylation sites (N-methyl/N-ethyl adjacent to an activating group) is 1. The highest BCUT2D eigenvalue weighted by Crippen LogP contribution is 2.38. The first-order valence-corrected chi connectivity index (χ1v) is 6.56. The summed E-state index contributed by atoms with van der Waals surface area (Å²) >= 11 is 0. The lowest BCUT2D eigenvalue weighted by Gasteiger charge is -2.35. The molecular weight excluding hydrogens is 198 g/mol. The average molecular weight is 223 g/mol. The van der Waals surface area contributed by atoms with Gasteiger partial charge in [-0.05, 0) is 30.6 Å². The van der Waals surface area contributed by atoms with Crippen LogP contribution in [-0.2, 0) is 0 Å². The van der Waals surface area contributed by atoms with E-state index in [1.165, 1.54) is 25.7 Å². The van der Waals surface area contributed by atoms with E-state index in [0.717, 1.165) is 31.5 Å². The summed E-state index contributed by atoms with van der Waals surface area (Å²) in [5.74, 6) is 1.93. The van der Waals surface area contributed by atoms with E-state index in [9.17, 15) is 0 Å². The van der Waals surface area contributed by atoms with E-state index in [4.69, 9.17) is 0 Å². The zero-order chi connectivity index (χ0) is 11.6. The first-order chi connectivity index (χ1) is 7.57. The maximum absolute atomic E-state index is 4.47. The van der Waals surface area contributed by atoms with Gasteiger partial charge in [0.05, 0.1) is 6.54 Å². The Hall–Kier alpha value is -0.730. The largest absolute Gasteiger partial charge is 0.356 e. The van der Waals surface area contributed by atoms with E-state index in [2.05, 4.69) is 36.1 Å². The van der Waals surface area contributed by atoms with Gasteiger partial charge in [0.25, 0.3) is 0 Å². The minimum absolute atomic E-state index is 0.550. The molecule has 1 aliphatic heterocycles. The van der Waals surface area contributed by atoms with Crippen molar-refractivity contribution >= 4 is 5.96 Å². The fourth-order valence-corrected chi connectivity index (χ4v) is 2.99. The second-order valence-corrected chi connectivity index (χ2v) is 6.13. The smallest absolute Gasteiger partial charge is 0.193 e. The van der Waals surface area contributed by atoms with E-state index < -0.39 is 0 Å². The van der Waals surface area contributed by atoms with Gasteiger partial charge in [0.15, 0.2) is 5.96 Å². The van der Waals surface area contributed by atoms with Crippen molar-refractivity contribution in [2.75, 3.05) is 26.7 Å². The molecule has 1 unspecified atom stereocenters. The van der Waals surface area contributed by atoms with Gasteiger partial charge in [-0.3, -0.25) is 4.99 Å². The summed E-state index contributed by atoms with van der Waals surface area (Å²) in [5.41, 5.74) is 0.550. The molecule has 1 N–H and O–H groups in total. The Morgan fingerprint density at radius 2 is 2.31 bits per heavy atom. The van der Waals surface area contributed by atoms with Gasteiger partial charge in [0.2, 0.25) is 0 Å². The van der Waals surface area contributed by atoms with Crippen molar-refractivity contribution in [2.45, 2.75) is 39.5 Å². The van der Waals surface area contributed by atoms with Crippen molar-refractivity contribution in [3.63, 3.8) is 0 Å². The molecule has 0 saturated heterocycles. The monoisotopic (exact) mass is 223 g/mol. The molecular formula is C13H25N3. The summed E-state index contributed by atoms with van der Waals surface area (Å²) in [6.45, 7) is 7.93. The number of rotatable bonds is 2. The molecule has 0 radical (unpaired) electrons. The molecule has 1 heterocycles. The number of hydrogen-bond acceptors (Lipinski definition) is 3. The van der Waals surface area contributed by atoms with Crippen LogP contribution in [0.4, 0.5) is 0 Å². The fraction of sp³-hybridized carbons (Fsp3) is 0.923. The van der Waals surface area contributed by atoms with Crippen LogP contribution in [0.2, 0.25) is 0 Å². The Morgan fingerprint density at radius 3 is 2.94 bits per heavy atom. The van der Waals surface area contributed by atoms with Crippen molar-refractivity contribution in [3.8, 4) is 0 Å². The van der Waals surface area contributed by atoms with Crippen LogP contribution < -0.4 is 5.32 Å². The number of nitrogens with zero attached hydrogens (tertiary/aromatic N) is 2. The molecule has 1 atom stereocenters. The summed E-state index contributed by atoms with van der Waals surface area (Å²) in [5, 5.41) is 3.51. The van der Waals surface area contributed by atoms with Crippen molar-refractivity contribution < 1.29 is 0 Å². The van der Waals surface area contributed by atoms with E-state index >= 15 is 0 Å². The molecule has 0 aromatic carbocycles. The standard InChI is InChI=1S/C13H25N3/c1-13(2)6-4-5-11(9-13)10-15-12-14-7-8-16(12)3/h11H,4-10H2,1-3H3,(H,14,15). The van der Waals surface area contributed by atoms with Gasteiger partial charge in [-0.25, -0.2) is 0 Å². The summed E-state index contributed by atoms with van der Waals surface area (Å²) in [7, 11) is 2.11. The predicted molar refractivity (Wildman–Crippen MR) is 68.7 cm³/mol. The van der Waals surface area contributed by atoms with Gasteiger partial charge < -0.3 is 10.2 Å². The molecule has 1 saturated carbocycles. The van der Waals surface area contributed by atoms with Crippen LogP contribution in [-0.4, -0.2) is 37.5 Å². The van der Waals surface area contributed by atoms with E-state index in [-0.39, 0.29) is 0 Å². The molecule has 0 amide bonds. The molecule has 1 fully saturated rings. The highest BCUT2D eigenvalue weighted by atomic mass is 15.3. The highest BCUT2D eigenvalue weighted by Gasteiger charge is 2.28. The summed E-state index contributed by atoms with van der Waals surface area (Å²) in [6.07, 6.45) is 5.52. The topological polar surface area (TPSA) is 27.6 Å². The van der Waals surface area contributed by atoms with Crippen LogP contribution in [0.1, 0.15) is 39.5 Å². The lowest BCUT2D eigenvalue weighted by Crippen LogP contribution is -2.39. The van der Waals surface area contributed by atoms with Gasteiger partial charge in [0.1, 0.15) is 0 Å². The first kappa shape index (κ1) is 11.7. The van der Waals surface area contributed by atoms with E-state index in [1.54, 1.807) is 0 Å². The fourth-order valence-electron chi connectivity index (χ4n) is 2.99. The van der Waals surface area contributed by atoms with Crippen LogP contribution in [0.15, 0.2) is 4.99 Å². The van der Waals surface area contributed by atoms with Crippen LogP contribution >= 0.6 is 0 Å². The van der Waals surface area contributed by atoms with Gasteiger partial charge in [-0.1, -0.05) is 20.3 Å². The minimum atomic E-state index is 0.550. The number of hydrogen-bond donors (Lipinski definition) is 1. The lowest BCUT2D eigenvalue weighted by atomic mass is 9.72. The molecule has 3 heteroatoms. The van der Waals surface area contributed by atoms with Crippen molar-refractivity contribution in [1.29, 1.82) is 0 Å². The van der Waals surface area contributed by atoms with E-state index in [0.29, 0.717) is 5.41 Å². The van der Waals surface area contributed by atoms with Crippen LogP contribution in [0, 0.1) is 11.3 Å². The molecule has 0 aromatic heterocycles. The molecule has 2 aliphatic rings. The molecule has 92 valence electrons. The zero-order valence-corrected chi connectivity index (χ0v) is 10.9. The third-order valence-corrected chi connectivity index (χ3v) is 3.91. The summed E-state index contributed by atoms with van der Waals surface area (Å²) < 4.78 is 0.